The van der Waals surface area contributed by atoms with Gasteiger partial charge in [0.1, 0.15) is 12.4 Å². The highest BCUT2D eigenvalue weighted by Crippen LogP contribution is 2.19. The fourth-order valence-electron chi connectivity index (χ4n) is 1.76. The first kappa shape index (κ1) is 15.8. The molecule has 1 unspecified atom stereocenters. The van der Waals surface area contributed by atoms with Gasteiger partial charge in [0.05, 0.1) is 11.8 Å². The van der Waals surface area contributed by atoms with Crippen LogP contribution >= 0.6 is 11.3 Å². The Bertz CT molecular complexity index is 652. The van der Waals surface area contributed by atoms with Crippen LogP contribution in [0.3, 0.4) is 0 Å². The summed E-state index contributed by atoms with van der Waals surface area (Å²) in [5, 5.41) is 1.92. The first-order valence-corrected chi connectivity index (χ1v) is 9.01. The van der Waals surface area contributed by atoms with E-state index in [1.165, 1.54) is 11.3 Å². The fraction of sp³-hybridized carbons (Fsp3) is 0.286. The van der Waals surface area contributed by atoms with Crippen molar-refractivity contribution in [1.29, 1.82) is 0 Å². The second-order valence-corrected chi connectivity index (χ2v) is 7.44. The molecule has 0 aliphatic heterocycles. The molecule has 7 heteroatoms. The van der Waals surface area contributed by atoms with Gasteiger partial charge >= 0.3 is 0 Å². The molecule has 5 nitrogen and oxygen atoms in total. The molecule has 2 aromatic rings. The number of hydrogen-bond acceptors (Lipinski definition) is 5. The molecule has 0 aliphatic carbocycles. The van der Waals surface area contributed by atoms with Gasteiger partial charge in [-0.25, -0.2) is 13.1 Å². The maximum Gasteiger partial charge on any atom is 0.215 e. The number of nitrogens with two attached hydrogens (primary N) is 1. The van der Waals surface area contributed by atoms with E-state index in [-0.39, 0.29) is 18.4 Å². The van der Waals surface area contributed by atoms with Crippen molar-refractivity contribution in [2.45, 2.75) is 13.0 Å². The van der Waals surface area contributed by atoms with E-state index in [1.54, 1.807) is 24.3 Å². The molecule has 0 saturated carbocycles. The standard InChI is InChI=1S/C14H18N2O3S2/c1-11(14-3-2-9-20-14)16-21(17,18)10-8-19-13-6-4-12(15)5-7-13/h2-7,9,11,16H,8,10,15H2,1H3. The van der Waals surface area contributed by atoms with E-state index in [2.05, 4.69) is 4.72 Å². The normalized spacial score (nSPS) is 13.0. The van der Waals surface area contributed by atoms with Gasteiger partial charge in [-0.1, -0.05) is 6.07 Å². The minimum Gasteiger partial charge on any atom is -0.492 e. The number of benzene rings is 1. The molecule has 0 bridgehead atoms. The lowest BCUT2D eigenvalue weighted by Crippen LogP contribution is -2.31. The fourth-order valence-corrected chi connectivity index (χ4v) is 3.65. The van der Waals surface area contributed by atoms with Crippen LogP contribution in [0.4, 0.5) is 5.69 Å². The number of rotatable bonds is 7. The summed E-state index contributed by atoms with van der Waals surface area (Å²) in [7, 11) is -3.38. The zero-order valence-electron chi connectivity index (χ0n) is 11.7. The Morgan fingerprint density at radius 2 is 2.00 bits per heavy atom. The summed E-state index contributed by atoms with van der Waals surface area (Å²) in [5.74, 6) is 0.512. The summed E-state index contributed by atoms with van der Waals surface area (Å²) in [6.45, 7) is 1.92. The lowest BCUT2D eigenvalue weighted by Gasteiger charge is -2.13. The molecule has 1 heterocycles. The summed E-state index contributed by atoms with van der Waals surface area (Å²) < 4.78 is 32.0. The van der Waals surface area contributed by atoms with Crippen LogP contribution in [0.5, 0.6) is 5.75 Å². The monoisotopic (exact) mass is 326 g/mol. The van der Waals surface area contributed by atoms with Gasteiger partial charge in [0.2, 0.25) is 10.0 Å². The third-order valence-corrected chi connectivity index (χ3v) is 5.30. The zero-order valence-corrected chi connectivity index (χ0v) is 13.3. The van der Waals surface area contributed by atoms with Gasteiger partial charge in [-0.15, -0.1) is 11.3 Å². The number of thiophene rings is 1. The second-order valence-electron chi connectivity index (χ2n) is 4.59. The van der Waals surface area contributed by atoms with Crippen LogP contribution in [0.25, 0.3) is 0 Å². The zero-order chi connectivity index (χ0) is 15.3. The van der Waals surface area contributed by atoms with Crippen molar-refractivity contribution >= 4 is 27.0 Å². The Morgan fingerprint density at radius 3 is 2.62 bits per heavy atom. The molecule has 2 rings (SSSR count). The molecular formula is C14H18N2O3S2. The highest BCUT2D eigenvalue weighted by Gasteiger charge is 2.16. The number of nitrogen functional groups attached to an aromatic ring is 1. The average molecular weight is 326 g/mol. The number of ether oxygens (including phenoxy) is 1. The summed E-state index contributed by atoms with van der Waals surface area (Å²) >= 11 is 1.52. The largest absolute Gasteiger partial charge is 0.492 e. The predicted octanol–water partition coefficient (Wildman–Crippen LogP) is 2.39. The van der Waals surface area contributed by atoms with Crippen molar-refractivity contribution in [2.24, 2.45) is 0 Å². The molecule has 0 amide bonds. The van der Waals surface area contributed by atoms with Crippen LogP contribution in [0.15, 0.2) is 41.8 Å². The maximum atomic E-state index is 12.0. The highest BCUT2D eigenvalue weighted by atomic mass is 32.2. The van der Waals surface area contributed by atoms with Gasteiger partial charge in [0.25, 0.3) is 0 Å². The van der Waals surface area contributed by atoms with E-state index >= 15 is 0 Å². The smallest absolute Gasteiger partial charge is 0.215 e. The van der Waals surface area contributed by atoms with Crippen LogP contribution in [0, 0.1) is 0 Å². The van der Waals surface area contributed by atoms with Crippen LogP contribution in [-0.2, 0) is 10.0 Å². The lowest BCUT2D eigenvalue weighted by atomic mass is 10.3. The molecule has 3 N–H and O–H groups in total. The van der Waals surface area contributed by atoms with E-state index in [0.29, 0.717) is 11.4 Å². The molecule has 0 aliphatic rings. The predicted molar refractivity (Wildman–Crippen MR) is 86.0 cm³/mol. The molecule has 0 spiro atoms. The van der Waals surface area contributed by atoms with Crippen LogP contribution in [-0.4, -0.2) is 20.8 Å². The number of nitrogens with one attached hydrogen (secondary N) is 1. The van der Waals surface area contributed by atoms with E-state index in [1.807, 2.05) is 24.4 Å². The molecule has 0 fully saturated rings. The summed E-state index contributed by atoms with van der Waals surface area (Å²) in [6.07, 6.45) is 0. The van der Waals surface area contributed by atoms with Crippen molar-refractivity contribution in [3.63, 3.8) is 0 Å². The van der Waals surface area contributed by atoms with Crippen molar-refractivity contribution in [3.05, 3.63) is 46.7 Å². The van der Waals surface area contributed by atoms with Crippen LogP contribution in [0.2, 0.25) is 0 Å². The average Bonchev–Trinajstić information content (AvgIpc) is 2.94. The van der Waals surface area contributed by atoms with Crippen molar-refractivity contribution in [3.8, 4) is 5.75 Å². The molecule has 0 saturated heterocycles. The third kappa shape index (κ3) is 5.04. The van der Waals surface area contributed by atoms with E-state index in [9.17, 15) is 8.42 Å². The Kier molecular flexibility index (Phi) is 5.22. The number of sulfonamides is 1. The van der Waals surface area contributed by atoms with Gasteiger partial charge in [0.15, 0.2) is 0 Å². The molecule has 0 radical (unpaired) electrons. The van der Waals surface area contributed by atoms with Crippen molar-refractivity contribution in [2.75, 3.05) is 18.1 Å². The Labute approximate surface area is 128 Å². The molecular weight excluding hydrogens is 308 g/mol. The van der Waals surface area contributed by atoms with Gasteiger partial charge in [-0.2, -0.15) is 0 Å². The SMILES string of the molecule is CC(NS(=O)(=O)CCOc1ccc(N)cc1)c1cccs1. The maximum absolute atomic E-state index is 12.0. The first-order chi connectivity index (χ1) is 9.96. The topological polar surface area (TPSA) is 81.4 Å². The Hall–Kier alpha value is -1.57. The molecule has 114 valence electrons. The van der Waals surface area contributed by atoms with Crippen molar-refractivity contribution < 1.29 is 13.2 Å². The number of anilines is 1. The first-order valence-electron chi connectivity index (χ1n) is 6.48. The van der Waals surface area contributed by atoms with E-state index in [0.717, 1.165) is 4.88 Å². The molecule has 21 heavy (non-hydrogen) atoms. The summed E-state index contributed by atoms with van der Waals surface area (Å²) in [5.41, 5.74) is 6.21. The second kappa shape index (κ2) is 6.93. The van der Waals surface area contributed by atoms with Gasteiger partial charge in [-0.05, 0) is 42.6 Å². The quantitative estimate of drug-likeness (QED) is 0.766. The van der Waals surface area contributed by atoms with Crippen LogP contribution in [0.1, 0.15) is 17.8 Å². The van der Waals surface area contributed by atoms with Gasteiger partial charge in [-0.3, -0.25) is 0 Å². The van der Waals surface area contributed by atoms with E-state index in [4.69, 9.17) is 10.5 Å². The lowest BCUT2D eigenvalue weighted by molar-refractivity contribution is 0.340. The summed E-state index contributed by atoms with van der Waals surface area (Å²) in [4.78, 5) is 0.984. The van der Waals surface area contributed by atoms with E-state index < -0.39 is 10.0 Å². The van der Waals surface area contributed by atoms with Crippen molar-refractivity contribution in [1.82, 2.24) is 4.72 Å². The van der Waals surface area contributed by atoms with Gasteiger partial charge in [0, 0.05) is 10.6 Å². The Morgan fingerprint density at radius 1 is 1.29 bits per heavy atom. The highest BCUT2D eigenvalue weighted by molar-refractivity contribution is 7.89. The molecule has 1 atom stereocenters. The molecule has 1 aromatic carbocycles. The summed E-state index contributed by atoms with van der Waals surface area (Å²) in [6, 6.07) is 10.4. The number of hydrogen-bond donors (Lipinski definition) is 2. The Balaban J connectivity index is 1.82. The molecule has 1 aromatic heterocycles. The van der Waals surface area contributed by atoms with Crippen LogP contribution < -0.4 is 15.2 Å². The van der Waals surface area contributed by atoms with Gasteiger partial charge < -0.3 is 10.5 Å². The minimum atomic E-state index is -3.38. The third-order valence-electron chi connectivity index (χ3n) is 2.83. The minimum absolute atomic E-state index is 0.0902.